The Morgan fingerprint density at radius 1 is 1.00 bits per heavy atom. The summed E-state index contributed by atoms with van der Waals surface area (Å²) in [6.45, 7) is 1.10. The molecule has 0 unspecified atom stereocenters. The van der Waals surface area contributed by atoms with Crippen molar-refractivity contribution in [3.63, 3.8) is 0 Å². The number of para-hydroxylation sites is 1. The summed E-state index contributed by atoms with van der Waals surface area (Å²) in [4.78, 5) is 5.11. The molecule has 16 heavy (non-hydrogen) atoms. The second-order valence-corrected chi connectivity index (χ2v) is 5.12. The molecule has 1 aliphatic heterocycles. The Bertz CT molecular complexity index is 349. The van der Waals surface area contributed by atoms with Crippen molar-refractivity contribution >= 4 is 5.69 Å². The molecular weight excluding hydrogens is 196 g/mol. The van der Waals surface area contributed by atoms with E-state index < -0.39 is 0 Å². The van der Waals surface area contributed by atoms with E-state index in [0.717, 1.165) is 18.8 Å². The number of hydrogen-bond acceptors (Lipinski definition) is 2. The lowest BCUT2D eigenvalue weighted by Crippen LogP contribution is -2.39. The summed E-state index contributed by atoms with van der Waals surface area (Å²) in [5.74, 6) is 0. The molecule has 2 aliphatic rings. The van der Waals surface area contributed by atoms with Crippen LogP contribution in [0.3, 0.4) is 0 Å². The number of likely N-dealkylation sites (N-methyl/N-ethyl adjacent to an activating group) is 1. The molecule has 0 aromatic heterocycles. The van der Waals surface area contributed by atoms with E-state index in [1.165, 1.54) is 31.4 Å². The Balaban J connectivity index is 1.86. The number of anilines is 1. The normalized spacial score (nSPS) is 30.4. The Hall–Kier alpha value is -1.02. The Kier molecular flexibility index (Phi) is 2.60. The van der Waals surface area contributed by atoms with E-state index in [4.69, 9.17) is 0 Å². The zero-order valence-corrected chi connectivity index (χ0v) is 9.97. The Morgan fingerprint density at radius 2 is 1.69 bits per heavy atom. The summed E-state index contributed by atoms with van der Waals surface area (Å²) >= 11 is 0. The van der Waals surface area contributed by atoms with Crippen molar-refractivity contribution in [3.05, 3.63) is 30.3 Å². The first kappa shape index (κ1) is 10.2. The van der Waals surface area contributed by atoms with Gasteiger partial charge in [0.1, 0.15) is 0 Å². The highest BCUT2D eigenvalue weighted by Gasteiger charge is 2.39. The third-order valence-electron chi connectivity index (χ3n) is 4.12. The number of benzene rings is 1. The monoisotopic (exact) mass is 216 g/mol. The molecule has 1 heterocycles. The summed E-state index contributed by atoms with van der Waals surface area (Å²) in [5.41, 5.74) is 1.39. The van der Waals surface area contributed by atoms with E-state index >= 15 is 0 Å². The highest BCUT2D eigenvalue weighted by atomic mass is 15.4. The Morgan fingerprint density at radius 3 is 2.44 bits per heavy atom. The van der Waals surface area contributed by atoms with Crippen LogP contribution in [0, 0.1) is 0 Å². The molecule has 2 fully saturated rings. The summed E-state index contributed by atoms with van der Waals surface area (Å²) < 4.78 is 0. The fraction of sp³-hybridized carbons (Fsp3) is 0.571. The average Bonchev–Trinajstić information content (AvgIpc) is 2.69. The van der Waals surface area contributed by atoms with Crippen LogP contribution < -0.4 is 4.90 Å². The van der Waals surface area contributed by atoms with Gasteiger partial charge in [-0.3, -0.25) is 4.90 Å². The van der Waals surface area contributed by atoms with Crippen molar-refractivity contribution in [1.29, 1.82) is 0 Å². The summed E-state index contributed by atoms with van der Waals surface area (Å²) in [6.07, 6.45) is 5.56. The Labute approximate surface area is 97.9 Å². The van der Waals surface area contributed by atoms with Crippen molar-refractivity contribution in [2.75, 3.05) is 18.6 Å². The molecule has 1 aliphatic carbocycles. The van der Waals surface area contributed by atoms with Crippen LogP contribution in [0.2, 0.25) is 0 Å². The fourth-order valence-corrected chi connectivity index (χ4v) is 3.31. The minimum Gasteiger partial charge on any atom is -0.354 e. The second kappa shape index (κ2) is 4.10. The van der Waals surface area contributed by atoms with Gasteiger partial charge in [0.2, 0.25) is 0 Å². The van der Waals surface area contributed by atoms with Crippen LogP contribution in [-0.2, 0) is 0 Å². The van der Waals surface area contributed by atoms with Crippen LogP contribution in [0.1, 0.15) is 25.7 Å². The first-order chi connectivity index (χ1) is 7.86. The summed E-state index contributed by atoms with van der Waals surface area (Å²) in [7, 11) is 2.27. The zero-order valence-electron chi connectivity index (χ0n) is 9.97. The van der Waals surface area contributed by atoms with Gasteiger partial charge in [-0.25, -0.2) is 0 Å². The van der Waals surface area contributed by atoms with Gasteiger partial charge in [0.15, 0.2) is 0 Å². The van der Waals surface area contributed by atoms with Gasteiger partial charge in [0.25, 0.3) is 0 Å². The molecule has 2 nitrogen and oxygen atoms in total. The van der Waals surface area contributed by atoms with Gasteiger partial charge in [0, 0.05) is 17.8 Å². The minimum absolute atomic E-state index is 0.751. The van der Waals surface area contributed by atoms with Crippen LogP contribution in [0.15, 0.2) is 30.3 Å². The molecule has 0 N–H and O–H groups in total. The maximum absolute atomic E-state index is 2.59. The molecular formula is C14H20N2. The first-order valence-corrected chi connectivity index (χ1v) is 6.38. The lowest BCUT2D eigenvalue weighted by Gasteiger charge is -2.32. The van der Waals surface area contributed by atoms with Gasteiger partial charge in [0.05, 0.1) is 6.67 Å². The van der Waals surface area contributed by atoms with Crippen LogP contribution in [0.5, 0.6) is 0 Å². The second-order valence-electron chi connectivity index (χ2n) is 5.12. The maximum atomic E-state index is 2.59. The van der Waals surface area contributed by atoms with E-state index in [2.05, 4.69) is 47.2 Å². The van der Waals surface area contributed by atoms with E-state index in [1.54, 1.807) is 0 Å². The SMILES string of the molecule is CN1CN(c2ccccc2)[C@@H]2CCCC[C@H]21. The van der Waals surface area contributed by atoms with Gasteiger partial charge >= 0.3 is 0 Å². The van der Waals surface area contributed by atoms with Gasteiger partial charge in [-0.2, -0.15) is 0 Å². The third kappa shape index (κ3) is 1.61. The van der Waals surface area contributed by atoms with Crippen molar-refractivity contribution in [1.82, 2.24) is 4.90 Å². The van der Waals surface area contributed by atoms with Crippen molar-refractivity contribution < 1.29 is 0 Å². The van der Waals surface area contributed by atoms with Crippen molar-refractivity contribution in [2.24, 2.45) is 0 Å². The topological polar surface area (TPSA) is 6.48 Å². The van der Waals surface area contributed by atoms with E-state index in [-0.39, 0.29) is 0 Å². The van der Waals surface area contributed by atoms with Crippen molar-refractivity contribution in [3.8, 4) is 0 Å². The van der Waals surface area contributed by atoms with Crippen LogP contribution in [-0.4, -0.2) is 30.7 Å². The smallest absolute Gasteiger partial charge is 0.0711 e. The zero-order chi connectivity index (χ0) is 11.0. The van der Waals surface area contributed by atoms with E-state index in [1.807, 2.05) is 0 Å². The van der Waals surface area contributed by atoms with Crippen molar-refractivity contribution in [2.45, 2.75) is 37.8 Å². The number of fused-ring (bicyclic) bond motifs is 1. The predicted molar refractivity (Wildman–Crippen MR) is 67.6 cm³/mol. The standard InChI is InChI=1S/C14H20N2/c1-15-11-16(12-7-3-2-4-8-12)14-10-6-5-9-13(14)15/h2-4,7-8,13-14H,5-6,9-11H2,1H3/t13-,14-/m1/s1. The lowest BCUT2D eigenvalue weighted by atomic mass is 9.90. The maximum Gasteiger partial charge on any atom is 0.0711 e. The highest BCUT2D eigenvalue weighted by molar-refractivity contribution is 5.48. The molecule has 1 aromatic rings. The van der Waals surface area contributed by atoms with E-state index in [9.17, 15) is 0 Å². The number of hydrogen-bond donors (Lipinski definition) is 0. The molecule has 2 atom stereocenters. The largest absolute Gasteiger partial charge is 0.354 e. The van der Waals surface area contributed by atoms with Gasteiger partial charge in [-0.05, 0) is 32.0 Å². The molecule has 0 amide bonds. The molecule has 86 valence electrons. The van der Waals surface area contributed by atoms with Crippen LogP contribution >= 0.6 is 0 Å². The van der Waals surface area contributed by atoms with Gasteiger partial charge < -0.3 is 4.90 Å². The average molecular weight is 216 g/mol. The third-order valence-corrected chi connectivity index (χ3v) is 4.12. The fourth-order valence-electron chi connectivity index (χ4n) is 3.31. The molecule has 0 bridgehead atoms. The molecule has 0 spiro atoms. The molecule has 2 heteroatoms. The predicted octanol–water partition coefficient (Wildman–Crippen LogP) is 2.71. The quantitative estimate of drug-likeness (QED) is 0.712. The van der Waals surface area contributed by atoms with Crippen LogP contribution in [0.25, 0.3) is 0 Å². The molecule has 3 rings (SSSR count). The van der Waals surface area contributed by atoms with Gasteiger partial charge in [-0.1, -0.05) is 31.0 Å². The first-order valence-electron chi connectivity index (χ1n) is 6.38. The molecule has 0 radical (unpaired) electrons. The van der Waals surface area contributed by atoms with Crippen LogP contribution in [0.4, 0.5) is 5.69 Å². The van der Waals surface area contributed by atoms with E-state index in [0.29, 0.717) is 0 Å². The number of nitrogens with zero attached hydrogens (tertiary/aromatic N) is 2. The number of rotatable bonds is 1. The summed E-state index contributed by atoms with van der Waals surface area (Å²) in [6, 6.07) is 12.4. The lowest BCUT2D eigenvalue weighted by molar-refractivity contribution is 0.247. The minimum atomic E-state index is 0.751. The molecule has 1 aromatic carbocycles. The summed E-state index contributed by atoms with van der Waals surface area (Å²) in [5, 5.41) is 0. The highest BCUT2D eigenvalue weighted by Crippen LogP contribution is 2.34. The van der Waals surface area contributed by atoms with Gasteiger partial charge in [-0.15, -0.1) is 0 Å². The molecule has 1 saturated carbocycles. The molecule has 1 saturated heterocycles.